The minimum atomic E-state index is -0.211. The van der Waals surface area contributed by atoms with Crippen LogP contribution in [0.4, 0.5) is 5.69 Å². The number of benzene rings is 1. The molecule has 8 heteroatoms. The number of aromatic nitrogens is 3. The Labute approximate surface area is 175 Å². The van der Waals surface area contributed by atoms with Crippen LogP contribution in [0, 0.1) is 13.8 Å². The lowest BCUT2D eigenvalue weighted by atomic mass is 9.95. The van der Waals surface area contributed by atoms with Gasteiger partial charge < -0.3 is 9.73 Å². The number of oxazole rings is 1. The largest absolute Gasteiger partial charge is 0.440 e. The molecule has 2 aromatic heterocycles. The number of likely N-dealkylation sites (tertiary alicyclic amines) is 1. The van der Waals surface area contributed by atoms with Crippen molar-refractivity contribution in [3.05, 3.63) is 40.5 Å². The van der Waals surface area contributed by atoms with Gasteiger partial charge in [0, 0.05) is 18.0 Å². The van der Waals surface area contributed by atoms with Crippen molar-refractivity contribution in [1.29, 1.82) is 0 Å². The first-order valence-corrected chi connectivity index (χ1v) is 10.3. The molecule has 1 aromatic carbocycles. The average Bonchev–Trinajstić information content (AvgIpc) is 3.23. The fourth-order valence-electron chi connectivity index (χ4n) is 3.97. The Bertz CT molecular complexity index is 1050. The molecular weight excluding hydrogens is 390 g/mol. The Kier molecular flexibility index (Phi) is 5.36. The van der Waals surface area contributed by atoms with E-state index in [1.165, 1.54) is 0 Å². The lowest BCUT2D eigenvalue weighted by Crippen LogP contribution is -2.45. The van der Waals surface area contributed by atoms with Gasteiger partial charge in [-0.05, 0) is 64.9 Å². The van der Waals surface area contributed by atoms with Gasteiger partial charge in [-0.15, -0.1) is 0 Å². The molecule has 1 N–H and O–H groups in total. The number of anilines is 1. The third-order valence-electron chi connectivity index (χ3n) is 5.93. The first-order chi connectivity index (χ1) is 13.8. The quantitative estimate of drug-likeness (QED) is 0.695. The number of hydrogen-bond donors (Lipinski definition) is 1. The highest BCUT2D eigenvalue weighted by molar-refractivity contribution is 6.31. The number of amides is 1. The fraction of sp³-hybridized carbons (Fsp3) is 0.476. The second-order valence-corrected chi connectivity index (χ2v) is 8.25. The molecule has 1 aliphatic rings. The van der Waals surface area contributed by atoms with E-state index in [0.717, 1.165) is 60.0 Å². The maximum absolute atomic E-state index is 12.8. The van der Waals surface area contributed by atoms with Crippen LogP contribution in [-0.2, 0) is 11.8 Å². The highest BCUT2D eigenvalue weighted by Gasteiger charge is 2.30. The summed E-state index contributed by atoms with van der Waals surface area (Å²) < 4.78 is 7.72. The van der Waals surface area contributed by atoms with E-state index in [2.05, 4.69) is 20.3 Å². The molecule has 1 fully saturated rings. The Hall–Kier alpha value is -2.38. The van der Waals surface area contributed by atoms with Gasteiger partial charge in [0.25, 0.3) is 0 Å². The number of hydrogen-bond acceptors (Lipinski definition) is 5. The molecular formula is C21H26ClN5O2. The number of rotatable bonds is 4. The normalized spacial score (nSPS) is 17.0. The van der Waals surface area contributed by atoms with Crippen molar-refractivity contribution in [2.75, 3.05) is 18.4 Å². The molecule has 1 aliphatic heterocycles. The Balaban J connectivity index is 1.38. The van der Waals surface area contributed by atoms with E-state index < -0.39 is 0 Å². The average molecular weight is 416 g/mol. The van der Waals surface area contributed by atoms with Crippen molar-refractivity contribution in [3.8, 4) is 0 Å². The van der Waals surface area contributed by atoms with E-state index in [1.54, 1.807) is 4.68 Å². The first kappa shape index (κ1) is 19.9. The summed E-state index contributed by atoms with van der Waals surface area (Å²) in [6.45, 7) is 7.47. The molecule has 7 nitrogen and oxygen atoms in total. The van der Waals surface area contributed by atoms with Crippen molar-refractivity contribution in [3.63, 3.8) is 0 Å². The van der Waals surface area contributed by atoms with E-state index in [4.69, 9.17) is 16.0 Å². The zero-order valence-electron chi connectivity index (χ0n) is 17.2. The molecule has 0 saturated carbocycles. The molecule has 154 valence electrons. The number of nitrogens with zero attached hydrogens (tertiary/aromatic N) is 4. The van der Waals surface area contributed by atoms with Gasteiger partial charge in [-0.1, -0.05) is 11.6 Å². The molecule has 0 spiro atoms. The topological polar surface area (TPSA) is 76.2 Å². The highest BCUT2D eigenvalue weighted by Crippen LogP contribution is 2.31. The zero-order valence-corrected chi connectivity index (χ0v) is 18.0. The summed E-state index contributed by atoms with van der Waals surface area (Å²) in [5.41, 5.74) is 4.16. The third kappa shape index (κ3) is 3.89. The van der Waals surface area contributed by atoms with E-state index in [-0.39, 0.29) is 17.9 Å². The summed E-state index contributed by atoms with van der Waals surface area (Å²) in [6.07, 6.45) is 1.81. The zero-order chi connectivity index (χ0) is 20.7. The van der Waals surface area contributed by atoms with Gasteiger partial charge in [0.05, 0.1) is 23.1 Å². The van der Waals surface area contributed by atoms with Crippen LogP contribution in [0.3, 0.4) is 0 Å². The molecule has 1 atom stereocenters. The monoisotopic (exact) mass is 415 g/mol. The summed E-state index contributed by atoms with van der Waals surface area (Å²) in [5.74, 6) is 1.02. The van der Waals surface area contributed by atoms with Crippen LogP contribution in [-0.4, -0.2) is 44.7 Å². The number of fused-ring (bicyclic) bond motifs is 1. The van der Waals surface area contributed by atoms with Crippen molar-refractivity contribution < 1.29 is 9.21 Å². The predicted molar refractivity (Wildman–Crippen MR) is 113 cm³/mol. The van der Waals surface area contributed by atoms with Gasteiger partial charge in [-0.25, -0.2) is 4.98 Å². The number of aryl methyl sites for hydroxylation is 2. The summed E-state index contributed by atoms with van der Waals surface area (Å²) >= 11 is 6.04. The summed E-state index contributed by atoms with van der Waals surface area (Å²) in [6, 6.07) is 5.29. The number of carbonyl (C=O) groups is 1. The molecule has 4 rings (SSSR count). The van der Waals surface area contributed by atoms with Gasteiger partial charge in [0.15, 0.2) is 11.5 Å². The van der Waals surface area contributed by atoms with Gasteiger partial charge in [-0.3, -0.25) is 14.4 Å². The molecule has 3 heterocycles. The van der Waals surface area contributed by atoms with Crippen LogP contribution in [0.25, 0.3) is 11.1 Å². The summed E-state index contributed by atoms with van der Waals surface area (Å²) in [7, 11) is 1.88. The lowest BCUT2D eigenvalue weighted by molar-refractivity contribution is -0.121. The van der Waals surface area contributed by atoms with Gasteiger partial charge in [0.1, 0.15) is 5.52 Å². The highest BCUT2D eigenvalue weighted by atomic mass is 35.5. The molecule has 0 radical (unpaired) electrons. The van der Waals surface area contributed by atoms with Gasteiger partial charge in [0.2, 0.25) is 5.91 Å². The Morgan fingerprint density at radius 3 is 2.69 bits per heavy atom. The molecule has 0 aliphatic carbocycles. The second-order valence-electron chi connectivity index (χ2n) is 7.81. The summed E-state index contributed by atoms with van der Waals surface area (Å²) in [4.78, 5) is 19.6. The Morgan fingerprint density at radius 1 is 1.31 bits per heavy atom. The first-order valence-electron chi connectivity index (χ1n) is 9.94. The number of carbonyl (C=O) groups excluding carboxylic acids is 1. The van der Waals surface area contributed by atoms with Crippen molar-refractivity contribution in [2.24, 2.45) is 7.05 Å². The molecule has 0 bridgehead atoms. The van der Waals surface area contributed by atoms with E-state index in [9.17, 15) is 4.79 Å². The summed E-state index contributed by atoms with van der Waals surface area (Å²) in [5, 5.41) is 8.08. The Morgan fingerprint density at radius 2 is 2.03 bits per heavy atom. The van der Waals surface area contributed by atoms with Crippen LogP contribution >= 0.6 is 11.6 Å². The van der Waals surface area contributed by atoms with Crippen LogP contribution in [0.2, 0.25) is 5.02 Å². The SMILES string of the molecule is Cc1nn(C)c(C)c1NC(=O)C(C)N1CCC(c2nc3cc(Cl)ccc3o2)CC1. The van der Waals surface area contributed by atoms with E-state index >= 15 is 0 Å². The predicted octanol–water partition coefficient (Wildman–Crippen LogP) is 4.04. The molecule has 1 unspecified atom stereocenters. The van der Waals surface area contributed by atoms with Crippen LogP contribution in [0.5, 0.6) is 0 Å². The molecule has 29 heavy (non-hydrogen) atoms. The number of piperidine rings is 1. The number of nitrogens with one attached hydrogen (secondary N) is 1. The maximum atomic E-state index is 12.8. The number of halogens is 1. The fourth-order valence-corrected chi connectivity index (χ4v) is 4.14. The lowest BCUT2D eigenvalue weighted by Gasteiger charge is -2.34. The van der Waals surface area contributed by atoms with E-state index in [1.807, 2.05) is 46.0 Å². The van der Waals surface area contributed by atoms with Gasteiger partial charge >= 0.3 is 0 Å². The molecule has 3 aromatic rings. The maximum Gasteiger partial charge on any atom is 0.241 e. The van der Waals surface area contributed by atoms with Crippen molar-refractivity contribution in [2.45, 2.75) is 45.6 Å². The third-order valence-corrected chi connectivity index (χ3v) is 6.16. The van der Waals surface area contributed by atoms with Crippen LogP contribution in [0.15, 0.2) is 22.6 Å². The van der Waals surface area contributed by atoms with Crippen molar-refractivity contribution >= 4 is 34.3 Å². The van der Waals surface area contributed by atoms with E-state index in [0.29, 0.717) is 5.02 Å². The molecule has 1 saturated heterocycles. The van der Waals surface area contributed by atoms with Gasteiger partial charge in [-0.2, -0.15) is 5.10 Å². The standard InChI is InChI=1S/C21H26ClN5O2/c1-12-19(13(2)26(4)25-12)24-20(28)14(3)27-9-7-15(8-10-27)21-23-17-11-16(22)5-6-18(17)29-21/h5-6,11,14-15H,7-10H2,1-4H3,(H,24,28). The van der Waals surface area contributed by atoms with Crippen molar-refractivity contribution in [1.82, 2.24) is 19.7 Å². The van der Waals surface area contributed by atoms with Crippen LogP contribution in [0.1, 0.15) is 43.0 Å². The minimum Gasteiger partial charge on any atom is -0.440 e. The minimum absolute atomic E-state index is 0.000783. The second kappa shape index (κ2) is 7.80. The van der Waals surface area contributed by atoms with Crippen LogP contribution < -0.4 is 5.32 Å². The molecule has 1 amide bonds. The smallest absolute Gasteiger partial charge is 0.241 e.